The van der Waals surface area contributed by atoms with E-state index >= 15 is 0 Å². The fourth-order valence-electron chi connectivity index (χ4n) is 2.76. The van der Waals surface area contributed by atoms with Crippen LogP contribution in [0.4, 0.5) is 10.5 Å². The van der Waals surface area contributed by atoms with Gasteiger partial charge in [-0.1, -0.05) is 22.0 Å². The van der Waals surface area contributed by atoms with Gasteiger partial charge in [-0.25, -0.2) is 4.79 Å². The van der Waals surface area contributed by atoms with Gasteiger partial charge >= 0.3 is 6.03 Å². The highest BCUT2D eigenvalue weighted by atomic mass is 79.9. The Kier molecular flexibility index (Phi) is 4.19. The Morgan fingerprint density at radius 1 is 1.29 bits per heavy atom. The van der Waals surface area contributed by atoms with Gasteiger partial charge in [0.15, 0.2) is 5.79 Å². The molecule has 3 rings (SSSR count). The number of likely N-dealkylation sites (tertiary alicyclic amines) is 1. The molecule has 1 spiro atoms. The van der Waals surface area contributed by atoms with Gasteiger partial charge in [-0.3, -0.25) is 0 Å². The first-order valence-corrected chi connectivity index (χ1v) is 7.97. The molecule has 0 bridgehead atoms. The van der Waals surface area contributed by atoms with Crippen LogP contribution >= 0.6 is 15.9 Å². The Morgan fingerprint density at radius 2 is 1.95 bits per heavy atom. The van der Waals surface area contributed by atoms with Crippen molar-refractivity contribution < 1.29 is 14.3 Å². The van der Waals surface area contributed by atoms with Crippen LogP contribution in [0.5, 0.6) is 0 Å². The lowest BCUT2D eigenvalue weighted by Gasteiger charge is -2.37. The molecule has 0 unspecified atom stereocenters. The lowest BCUT2D eigenvalue weighted by atomic mass is 10.0. The molecule has 0 radical (unpaired) electrons. The number of piperidine rings is 1. The van der Waals surface area contributed by atoms with Gasteiger partial charge in [-0.15, -0.1) is 0 Å². The van der Waals surface area contributed by atoms with Gasteiger partial charge in [0.1, 0.15) is 0 Å². The second-order valence-electron chi connectivity index (χ2n) is 5.48. The van der Waals surface area contributed by atoms with Gasteiger partial charge in [0.05, 0.1) is 13.2 Å². The maximum atomic E-state index is 12.4. The zero-order valence-corrected chi connectivity index (χ0v) is 13.6. The molecule has 0 atom stereocenters. The molecule has 114 valence electrons. The Labute approximate surface area is 132 Å². The largest absolute Gasteiger partial charge is 0.347 e. The lowest BCUT2D eigenvalue weighted by molar-refractivity contribution is -0.181. The number of rotatable bonds is 1. The molecule has 0 aliphatic carbocycles. The number of hydrogen-bond acceptors (Lipinski definition) is 3. The summed E-state index contributed by atoms with van der Waals surface area (Å²) in [5.41, 5.74) is 1.88. The van der Waals surface area contributed by atoms with Crippen molar-refractivity contribution >= 4 is 27.6 Å². The molecule has 1 aromatic rings. The number of amides is 2. The van der Waals surface area contributed by atoms with Gasteiger partial charge in [-0.05, 0) is 24.6 Å². The van der Waals surface area contributed by atoms with Crippen LogP contribution in [-0.2, 0) is 9.47 Å². The van der Waals surface area contributed by atoms with Crippen molar-refractivity contribution in [1.29, 1.82) is 0 Å². The summed E-state index contributed by atoms with van der Waals surface area (Å²) < 4.78 is 12.3. The van der Waals surface area contributed by atoms with Gasteiger partial charge < -0.3 is 19.7 Å². The first-order valence-electron chi connectivity index (χ1n) is 7.18. The summed E-state index contributed by atoms with van der Waals surface area (Å²) >= 11 is 3.42. The van der Waals surface area contributed by atoms with Gasteiger partial charge in [0.2, 0.25) is 0 Å². The van der Waals surface area contributed by atoms with E-state index in [0.717, 1.165) is 28.6 Å². The third-order valence-corrected chi connectivity index (χ3v) is 4.56. The molecule has 2 heterocycles. The predicted octanol–water partition coefficient (Wildman–Crippen LogP) is 3.13. The molecule has 0 aromatic heterocycles. The normalized spacial score (nSPS) is 20.8. The summed E-state index contributed by atoms with van der Waals surface area (Å²) in [6, 6.07) is 5.79. The molecular weight excluding hydrogens is 336 g/mol. The molecule has 0 saturated carbocycles. The summed E-state index contributed by atoms with van der Waals surface area (Å²) in [4.78, 5) is 14.2. The van der Waals surface area contributed by atoms with Gasteiger partial charge in [0, 0.05) is 36.1 Å². The minimum absolute atomic E-state index is 0.0657. The van der Waals surface area contributed by atoms with Crippen molar-refractivity contribution in [2.75, 3.05) is 31.6 Å². The van der Waals surface area contributed by atoms with Crippen LogP contribution in [0, 0.1) is 6.92 Å². The van der Waals surface area contributed by atoms with E-state index in [1.54, 1.807) is 0 Å². The first kappa shape index (κ1) is 14.8. The number of urea groups is 1. The number of carbonyl (C=O) groups is 1. The minimum Gasteiger partial charge on any atom is -0.347 e. The smallest absolute Gasteiger partial charge is 0.321 e. The van der Waals surface area contributed by atoms with Crippen LogP contribution in [0.3, 0.4) is 0 Å². The third kappa shape index (κ3) is 3.22. The van der Waals surface area contributed by atoms with E-state index in [4.69, 9.17) is 9.47 Å². The first-order chi connectivity index (χ1) is 10.1. The van der Waals surface area contributed by atoms with E-state index in [-0.39, 0.29) is 6.03 Å². The van der Waals surface area contributed by atoms with Crippen LogP contribution in [0.1, 0.15) is 18.4 Å². The molecule has 1 N–H and O–H groups in total. The van der Waals surface area contributed by atoms with E-state index in [1.165, 1.54) is 0 Å². The van der Waals surface area contributed by atoms with Gasteiger partial charge in [0.25, 0.3) is 0 Å². The number of benzene rings is 1. The van der Waals surface area contributed by atoms with Crippen molar-refractivity contribution in [2.24, 2.45) is 0 Å². The highest BCUT2D eigenvalue weighted by Gasteiger charge is 2.40. The molecular formula is C15H19BrN2O3. The Balaban J connectivity index is 1.60. The van der Waals surface area contributed by atoms with E-state index in [1.807, 2.05) is 30.0 Å². The number of hydrogen-bond donors (Lipinski definition) is 1. The number of anilines is 1. The standard InChI is InChI=1S/C15H19BrN2O3/c1-11-2-3-12(16)10-13(11)17-14(19)18-6-4-15(5-7-18)20-8-9-21-15/h2-3,10H,4-9H2,1H3,(H,17,19). The predicted molar refractivity (Wildman–Crippen MR) is 83.3 cm³/mol. The number of nitrogens with zero attached hydrogens (tertiary/aromatic N) is 1. The zero-order valence-electron chi connectivity index (χ0n) is 12.0. The second kappa shape index (κ2) is 5.94. The minimum atomic E-state index is -0.442. The highest BCUT2D eigenvalue weighted by Crippen LogP contribution is 2.31. The fourth-order valence-corrected chi connectivity index (χ4v) is 3.12. The average molecular weight is 355 g/mol. The number of aryl methyl sites for hydroxylation is 1. The Hall–Kier alpha value is -1.11. The second-order valence-corrected chi connectivity index (χ2v) is 6.40. The maximum Gasteiger partial charge on any atom is 0.321 e. The molecule has 6 heteroatoms. The van der Waals surface area contributed by atoms with Gasteiger partial charge in [-0.2, -0.15) is 0 Å². The molecule has 2 amide bonds. The summed E-state index contributed by atoms with van der Waals surface area (Å²) in [6.07, 6.45) is 1.47. The molecule has 2 fully saturated rings. The molecule has 5 nitrogen and oxygen atoms in total. The Morgan fingerprint density at radius 3 is 2.62 bits per heavy atom. The van der Waals surface area contributed by atoms with E-state index in [9.17, 15) is 4.79 Å². The van der Waals surface area contributed by atoms with Crippen molar-refractivity contribution in [1.82, 2.24) is 4.90 Å². The molecule has 2 aliphatic heterocycles. The summed E-state index contributed by atoms with van der Waals surface area (Å²) in [5, 5.41) is 2.98. The Bertz CT molecular complexity index is 534. The van der Waals surface area contributed by atoms with Crippen LogP contribution in [-0.4, -0.2) is 43.0 Å². The number of halogens is 1. The van der Waals surface area contributed by atoms with Crippen molar-refractivity contribution in [3.8, 4) is 0 Å². The van der Waals surface area contributed by atoms with Crippen LogP contribution in [0.25, 0.3) is 0 Å². The topological polar surface area (TPSA) is 50.8 Å². The molecule has 2 saturated heterocycles. The fraction of sp³-hybridized carbons (Fsp3) is 0.533. The third-order valence-electron chi connectivity index (χ3n) is 4.07. The van der Waals surface area contributed by atoms with Crippen LogP contribution in [0.2, 0.25) is 0 Å². The van der Waals surface area contributed by atoms with E-state index in [2.05, 4.69) is 21.2 Å². The van der Waals surface area contributed by atoms with E-state index in [0.29, 0.717) is 26.3 Å². The lowest BCUT2D eigenvalue weighted by Crippen LogP contribution is -2.48. The highest BCUT2D eigenvalue weighted by molar-refractivity contribution is 9.10. The quantitative estimate of drug-likeness (QED) is 0.842. The molecule has 2 aliphatic rings. The van der Waals surface area contributed by atoms with Crippen molar-refractivity contribution in [3.05, 3.63) is 28.2 Å². The summed E-state index contributed by atoms with van der Waals surface area (Å²) in [6.45, 7) is 4.60. The number of nitrogens with one attached hydrogen (secondary N) is 1. The van der Waals surface area contributed by atoms with Crippen molar-refractivity contribution in [3.63, 3.8) is 0 Å². The zero-order chi connectivity index (χ0) is 14.9. The molecule has 1 aromatic carbocycles. The van der Waals surface area contributed by atoms with Crippen LogP contribution < -0.4 is 5.32 Å². The summed E-state index contributed by atoms with van der Waals surface area (Å²) in [5.74, 6) is -0.442. The summed E-state index contributed by atoms with van der Waals surface area (Å²) in [7, 11) is 0. The average Bonchev–Trinajstić information content (AvgIpc) is 2.92. The van der Waals surface area contributed by atoms with E-state index < -0.39 is 5.79 Å². The molecule has 21 heavy (non-hydrogen) atoms. The number of carbonyl (C=O) groups excluding carboxylic acids is 1. The maximum absolute atomic E-state index is 12.4. The number of ether oxygens (including phenoxy) is 2. The SMILES string of the molecule is Cc1ccc(Br)cc1NC(=O)N1CCC2(CC1)OCCO2. The van der Waals surface area contributed by atoms with Crippen LogP contribution in [0.15, 0.2) is 22.7 Å². The monoisotopic (exact) mass is 354 g/mol. The van der Waals surface area contributed by atoms with Crippen molar-refractivity contribution in [2.45, 2.75) is 25.6 Å².